The number of nitrogens with zero attached hydrogens (tertiary/aromatic N) is 1. The van der Waals surface area contributed by atoms with Gasteiger partial charge >= 0.3 is 0 Å². The van der Waals surface area contributed by atoms with Crippen molar-refractivity contribution in [2.75, 3.05) is 18.4 Å². The van der Waals surface area contributed by atoms with Gasteiger partial charge in [0.05, 0.1) is 10.2 Å². The van der Waals surface area contributed by atoms with Gasteiger partial charge in [-0.1, -0.05) is 23.5 Å². The maximum absolute atomic E-state index is 11.5. The lowest BCUT2D eigenvalue weighted by atomic mass is 10.2. The van der Waals surface area contributed by atoms with Crippen molar-refractivity contribution in [2.24, 2.45) is 5.92 Å². The van der Waals surface area contributed by atoms with Crippen molar-refractivity contribution in [1.82, 2.24) is 10.3 Å². The molecule has 1 saturated carbocycles. The lowest BCUT2D eigenvalue weighted by Gasteiger charge is -2.04. The zero-order valence-corrected chi connectivity index (χ0v) is 11.7. The Morgan fingerprint density at radius 2 is 2.26 bits per heavy atom. The minimum absolute atomic E-state index is 0.196. The molecule has 0 unspecified atom stereocenters. The number of carbonyl (C=O) groups is 1. The summed E-state index contributed by atoms with van der Waals surface area (Å²) in [5.74, 6) is 0.479. The molecule has 1 aromatic heterocycles. The summed E-state index contributed by atoms with van der Waals surface area (Å²) in [6.45, 7) is 3.45. The van der Waals surface area contributed by atoms with Crippen molar-refractivity contribution in [3.63, 3.8) is 0 Å². The van der Waals surface area contributed by atoms with E-state index in [1.165, 1.54) is 10.3 Å². The molecule has 1 heterocycles. The fourth-order valence-electron chi connectivity index (χ4n) is 2.01. The van der Waals surface area contributed by atoms with Gasteiger partial charge in [0, 0.05) is 19.0 Å². The minimum Gasteiger partial charge on any atom is -0.360 e. The highest BCUT2D eigenvalue weighted by Gasteiger charge is 2.28. The van der Waals surface area contributed by atoms with E-state index in [4.69, 9.17) is 0 Å². The third kappa shape index (κ3) is 2.87. The van der Waals surface area contributed by atoms with Crippen LogP contribution in [0, 0.1) is 12.8 Å². The van der Waals surface area contributed by atoms with E-state index in [0.29, 0.717) is 6.54 Å². The smallest absolute Gasteiger partial charge is 0.223 e. The Bertz CT molecular complexity index is 604. The molecule has 1 aliphatic carbocycles. The molecule has 0 saturated heterocycles. The van der Waals surface area contributed by atoms with Crippen LogP contribution in [0.5, 0.6) is 0 Å². The fourth-order valence-corrected chi connectivity index (χ4v) is 2.98. The van der Waals surface area contributed by atoms with Gasteiger partial charge in [-0.15, -0.1) is 0 Å². The van der Waals surface area contributed by atoms with Crippen LogP contribution in [0.25, 0.3) is 10.2 Å². The number of rotatable bonds is 5. The second kappa shape index (κ2) is 5.17. The van der Waals surface area contributed by atoms with Crippen molar-refractivity contribution in [1.29, 1.82) is 0 Å². The first-order valence-electron chi connectivity index (χ1n) is 6.62. The van der Waals surface area contributed by atoms with E-state index in [2.05, 4.69) is 40.7 Å². The highest BCUT2D eigenvalue weighted by atomic mass is 32.1. The highest BCUT2D eigenvalue weighted by Crippen LogP contribution is 2.29. The van der Waals surface area contributed by atoms with E-state index in [9.17, 15) is 4.79 Å². The molecule has 0 radical (unpaired) electrons. The van der Waals surface area contributed by atoms with E-state index < -0.39 is 0 Å². The zero-order chi connectivity index (χ0) is 13.2. The lowest BCUT2D eigenvalue weighted by Crippen LogP contribution is -2.29. The van der Waals surface area contributed by atoms with Crippen LogP contribution in [0.15, 0.2) is 18.2 Å². The Morgan fingerprint density at radius 3 is 3.00 bits per heavy atom. The quantitative estimate of drug-likeness (QED) is 0.825. The van der Waals surface area contributed by atoms with E-state index in [0.717, 1.165) is 30.0 Å². The normalized spacial score (nSPS) is 14.6. The Morgan fingerprint density at radius 1 is 1.42 bits per heavy atom. The van der Waals surface area contributed by atoms with Gasteiger partial charge in [0.25, 0.3) is 0 Å². The SMILES string of the molecule is Cc1cccc2sc(NCCNC(=O)C3CC3)nc12. The monoisotopic (exact) mass is 275 g/mol. The Hall–Kier alpha value is -1.62. The molecule has 4 nitrogen and oxygen atoms in total. The summed E-state index contributed by atoms with van der Waals surface area (Å²) in [5.41, 5.74) is 2.26. The topological polar surface area (TPSA) is 54.0 Å². The summed E-state index contributed by atoms with van der Waals surface area (Å²) in [6, 6.07) is 6.21. The minimum atomic E-state index is 0.196. The third-order valence-electron chi connectivity index (χ3n) is 3.27. The molecule has 0 atom stereocenters. The average Bonchev–Trinajstić information content (AvgIpc) is 3.16. The molecule has 19 heavy (non-hydrogen) atoms. The second-order valence-electron chi connectivity index (χ2n) is 4.93. The first-order chi connectivity index (χ1) is 9.24. The highest BCUT2D eigenvalue weighted by molar-refractivity contribution is 7.22. The Labute approximate surface area is 116 Å². The van der Waals surface area contributed by atoms with E-state index in [1.807, 2.05) is 0 Å². The largest absolute Gasteiger partial charge is 0.360 e. The van der Waals surface area contributed by atoms with Crippen LogP contribution in [0.1, 0.15) is 18.4 Å². The molecule has 100 valence electrons. The van der Waals surface area contributed by atoms with Gasteiger partial charge in [-0.3, -0.25) is 4.79 Å². The van der Waals surface area contributed by atoms with Gasteiger partial charge in [-0.25, -0.2) is 4.98 Å². The first kappa shape index (κ1) is 12.4. The van der Waals surface area contributed by atoms with Gasteiger partial charge in [-0.2, -0.15) is 0 Å². The number of benzene rings is 1. The number of para-hydroxylation sites is 1. The molecule has 0 aliphatic heterocycles. The number of carbonyl (C=O) groups excluding carboxylic acids is 1. The number of hydrogen-bond acceptors (Lipinski definition) is 4. The van der Waals surface area contributed by atoms with Crippen LogP contribution in [-0.2, 0) is 4.79 Å². The molecule has 5 heteroatoms. The third-order valence-corrected chi connectivity index (χ3v) is 4.25. The molecule has 0 spiro atoms. The van der Waals surface area contributed by atoms with Gasteiger partial charge in [0.2, 0.25) is 5.91 Å². The Balaban J connectivity index is 1.53. The fraction of sp³-hybridized carbons (Fsp3) is 0.429. The van der Waals surface area contributed by atoms with E-state index in [1.54, 1.807) is 11.3 Å². The van der Waals surface area contributed by atoms with Gasteiger partial charge in [0.1, 0.15) is 0 Å². The van der Waals surface area contributed by atoms with Crippen LogP contribution < -0.4 is 10.6 Å². The van der Waals surface area contributed by atoms with Crippen LogP contribution in [0.4, 0.5) is 5.13 Å². The van der Waals surface area contributed by atoms with Gasteiger partial charge in [-0.05, 0) is 31.4 Å². The molecule has 2 aromatic rings. The number of aryl methyl sites for hydroxylation is 1. The summed E-state index contributed by atoms with van der Waals surface area (Å²) in [4.78, 5) is 16.0. The maximum Gasteiger partial charge on any atom is 0.223 e. The maximum atomic E-state index is 11.5. The van der Waals surface area contributed by atoms with Crippen LogP contribution in [-0.4, -0.2) is 24.0 Å². The number of anilines is 1. The predicted octanol–water partition coefficient (Wildman–Crippen LogP) is 2.54. The number of nitrogens with one attached hydrogen (secondary N) is 2. The summed E-state index contributed by atoms with van der Waals surface area (Å²) in [7, 11) is 0. The summed E-state index contributed by atoms with van der Waals surface area (Å²) in [6.07, 6.45) is 2.10. The zero-order valence-electron chi connectivity index (χ0n) is 10.9. The van der Waals surface area contributed by atoms with Crippen molar-refractivity contribution in [3.05, 3.63) is 23.8 Å². The van der Waals surface area contributed by atoms with E-state index in [-0.39, 0.29) is 11.8 Å². The van der Waals surface area contributed by atoms with Crippen molar-refractivity contribution in [2.45, 2.75) is 19.8 Å². The van der Waals surface area contributed by atoms with Gasteiger partial charge in [0.15, 0.2) is 5.13 Å². The van der Waals surface area contributed by atoms with Crippen LogP contribution in [0.2, 0.25) is 0 Å². The van der Waals surface area contributed by atoms with E-state index >= 15 is 0 Å². The average molecular weight is 275 g/mol. The van der Waals surface area contributed by atoms with Gasteiger partial charge < -0.3 is 10.6 Å². The lowest BCUT2D eigenvalue weighted by molar-refractivity contribution is -0.122. The second-order valence-corrected chi connectivity index (χ2v) is 5.96. The standard InChI is InChI=1S/C14H17N3OS/c1-9-3-2-4-11-12(9)17-14(19-11)16-8-7-15-13(18)10-5-6-10/h2-4,10H,5-8H2,1H3,(H,15,18)(H,16,17). The summed E-state index contributed by atoms with van der Waals surface area (Å²) >= 11 is 1.65. The number of amides is 1. The number of aromatic nitrogens is 1. The van der Waals surface area contributed by atoms with Crippen molar-refractivity contribution >= 4 is 32.6 Å². The first-order valence-corrected chi connectivity index (χ1v) is 7.43. The number of thiazole rings is 1. The Kier molecular flexibility index (Phi) is 3.38. The molecule has 0 bridgehead atoms. The van der Waals surface area contributed by atoms with Crippen LogP contribution >= 0.6 is 11.3 Å². The predicted molar refractivity (Wildman–Crippen MR) is 78.6 cm³/mol. The number of fused-ring (bicyclic) bond motifs is 1. The molecule has 1 aliphatic rings. The summed E-state index contributed by atoms with van der Waals surface area (Å²) < 4.78 is 1.20. The molecular weight excluding hydrogens is 258 g/mol. The molecule has 1 aromatic carbocycles. The molecule has 1 fully saturated rings. The molecule has 3 rings (SSSR count). The number of hydrogen-bond donors (Lipinski definition) is 2. The van der Waals surface area contributed by atoms with Crippen LogP contribution in [0.3, 0.4) is 0 Å². The van der Waals surface area contributed by atoms with Crippen molar-refractivity contribution in [3.8, 4) is 0 Å². The molecular formula is C14H17N3OS. The summed E-state index contributed by atoms with van der Waals surface area (Å²) in [5, 5.41) is 7.13. The molecule has 1 amide bonds. The van der Waals surface area contributed by atoms with Crippen molar-refractivity contribution < 1.29 is 4.79 Å². The molecule has 2 N–H and O–H groups in total.